The lowest BCUT2D eigenvalue weighted by Crippen LogP contribution is -2.28. The molecule has 1 saturated heterocycles. The van der Waals surface area contributed by atoms with Crippen molar-refractivity contribution in [3.05, 3.63) is 66.7 Å². The van der Waals surface area contributed by atoms with Crippen LogP contribution >= 0.6 is 0 Å². The second-order valence-electron chi connectivity index (χ2n) is 8.72. The van der Waals surface area contributed by atoms with Crippen LogP contribution in [0.3, 0.4) is 0 Å². The van der Waals surface area contributed by atoms with E-state index in [1.54, 1.807) is 12.4 Å². The van der Waals surface area contributed by atoms with Gasteiger partial charge in [0.2, 0.25) is 5.95 Å². The standard InChI is InChI=1S/C26H25N7/c27-26-30-13-20(14-31-26)23-11-21-22-10-19(12-29-25(22)32-24(21)15-28-23)18-6-4-17(5-7-18)16-33-8-2-1-3-9-33/h4-7,10-15H,1-3,8-9,16H2,(H,29,32)(H2,27,30,31). The average molecular weight is 436 g/mol. The number of nitrogens with zero attached hydrogens (tertiary/aromatic N) is 5. The molecule has 6 rings (SSSR count). The van der Waals surface area contributed by atoms with Crippen molar-refractivity contribution in [3.63, 3.8) is 0 Å². The summed E-state index contributed by atoms with van der Waals surface area (Å²) in [5, 5.41) is 2.14. The number of aromatic amines is 1. The molecule has 5 aromatic rings. The van der Waals surface area contributed by atoms with E-state index in [9.17, 15) is 0 Å². The summed E-state index contributed by atoms with van der Waals surface area (Å²) in [5.41, 5.74) is 12.7. The van der Waals surface area contributed by atoms with E-state index in [-0.39, 0.29) is 5.95 Å². The number of benzene rings is 1. The van der Waals surface area contributed by atoms with Crippen molar-refractivity contribution in [2.75, 3.05) is 18.8 Å². The highest BCUT2D eigenvalue weighted by molar-refractivity contribution is 6.07. The number of hydrogen-bond donors (Lipinski definition) is 2. The first-order valence-corrected chi connectivity index (χ1v) is 11.4. The van der Waals surface area contributed by atoms with Gasteiger partial charge >= 0.3 is 0 Å². The van der Waals surface area contributed by atoms with Gasteiger partial charge in [0, 0.05) is 47.0 Å². The van der Waals surface area contributed by atoms with Gasteiger partial charge in [0.05, 0.1) is 17.4 Å². The van der Waals surface area contributed by atoms with Gasteiger partial charge < -0.3 is 10.7 Å². The minimum absolute atomic E-state index is 0.253. The fraction of sp³-hybridized carbons (Fsp3) is 0.231. The number of nitrogen functional groups attached to an aromatic ring is 1. The second kappa shape index (κ2) is 8.26. The molecule has 0 spiro atoms. The van der Waals surface area contributed by atoms with Gasteiger partial charge in [-0.1, -0.05) is 30.7 Å². The zero-order valence-corrected chi connectivity index (χ0v) is 18.3. The van der Waals surface area contributed by atoms with Gasteiger partial charge in [-0.15, -0.1) is 0 Å². The van der Waals surface area contributed by atoms with E-state index in [1.165, 1.54) is 43.5 Å². The number of rotatable bonds is 4. The third-order valence-electron chi connectivity index (χ3n) is 6.44. The highest BCUT2D eigenvalue weighted by Crippen LogP contribution is 2.30. The van der Waals surface area contributed by atoms with Crippen molar-refractivity contribution in [2.45, 2.75) is 25.8 Å². The smallest absolute Gasteiger partial charge is 0.219 e. The van der Waals surface area contributed by atoms with Crippen LogP contribution in [0, 0.1) is 0 Å². The molecule has 33 heavy (non-hydrogen) atoms. The van der Waals surface area contributed by atoms with E-state index >= 15 is 0 Å². The lowest BCUT2D eigenvalue weighted by atomic mass is 10.0. The predicted octanol–water partition coefficient (Wildman–Crippen LogP) is 4.80. The van der Waals surface area contributed by atoms with Gasteiger partial charge in [0.15, 0.2) is 0 Å². The molecule has 3 N–H and O–H groups in total. The van der Waals surface area contributed by atoms with Gasteiger partial charge in [-0.25, -0.2) is 15.0 Å². The summed E-state index contributed by atoms with van der Waals surface area (Å²) in [6.07, 6.45) is 11.1. The van der Waals surface area contributed by atoms with Crippen molar-refractivity contribution in [1.82, 2.24) is 29.8 Å². The fourth-order valence-electron chi connectivity index (χ4n) is 4.64. The molecule has 0 bridgehead atoms. The molecule has 0 amide bonds. The largest absolute Gasteiger partial charge is 0.368 e. The van der Waals surface area contributed by atoms with Gasteiger partial charge in [-0.2, -0.15) is 0 Å². The summed E-state index contributed by atoms with van der Waals surface area (Å²) >= 11 is 0. The number of piperidine rings is 1. The Bertz CT molecular complexity index is 1420. The number of hydrogen-bond acceptors (Lipinski definition) is 6. The van der Waals surface area contributed by atoms with Crippen LogP contribution in [0.2, 0.25) is 0 Å². The lowest BCUT2D eigenvalue weighted by molar-refractivity contribution is 0.221. The molecule has 5 heterocycles. The number of H-pyrrole nitrogens is 1. The van der Waals surface area contributed by atoms with Crippen molar-refractivity contribution in [3.8, 4) is 22.4 Å². The molecule has 0 aliphatic carbocycles. The molecule has 0 radical (unpaired) electrons. The lowest BCUT2D eigenvalue weighted by Gasteiger charge is -2.26. The summed E-state index contributed by atoms with van der Waals surface area (Å²) in [5.74, 6) is 0.253. The number of nitrogens with one attached hydrogen (secondary N) is 1. The Kier molecular flexibility index (Phi) is 4.96. The molecule has 0 atom stereocenters. The zero-order chi connectivity index (χ0) is 22.2. The molecule has 1 aliphatic heterocycles. The SMILES string of the molecule is Nc1ncc(-c2cc3c(cn2)[nH]c2ncc(-c4ccc(CN5CCCCC5)cc4)cc23)cn1. The first-order chi connectivity index (χ1) is 16.2. The van der Waals surface area contributed by atoms with Crippen LogP contribution in [-0.2, 0) is 6.54 Å². The normalized spacial score (nSPS) is 14.8. The third kappa shape index (κ3) is 3.91. The molecule has 7 heteroatoms. The predicted molar refractivity (Wildman–Crippen MR) is 131 cm³/mol. The van der Waals surface area contributed by atoms with Gasteiger partial charge in [-0.05, 0) is 49.2 Å². The monoisotopic (exact) mass is 435 g/mol. The molecule has 1 aromatic carbocycles. The molecule has 164 valence electrons. The van der Waals surface area contributed by atoms with Crippen molar-refractivity contribution < 1.29 is 0 Å². The Hall–Kier alpha value is -3.84. The highest BCUT2D eigenvalue weighted by Gasteiger charge is 2.12. The zero-order valence-electron chi connectivity index (χ0n) is 18.3. The van der Waals surface area contributed by atoms with Gasteiger partial charge in [0.25, 0.3) is 0 Å². The number of aromatic nitrogens is 5. The second-order valence-corrected chi connectivity index (χ2v) is 8.72. The summed E-state index contributed by atoms with van der Waals surface area (Å²) in [4.78, 5) is 23.3. The Labute approximate surface area is 191 Å². The van der Waals surface area contributed by atoms with Crippen LogP contribution < -0.4 is 5.73 Å². The Balaban J connectivity index is 1.33. The summed E-state index contributed by atoms with van der Waals surface area (Å²) in [6, 6.07) is 13.1. The Morgan fingerprint density at radius 2 is 1.52 bits per heavy atom. The first-order valence-electron chi connectivity index (χ1n) is 11.4. The van der Waals surface area contributed by atoms with E-state index in [1.807, 2.05) is 12.4 Å². The maximum Gasteiger partial charge on any atom is 0.219 e. The Morgan fingerprint density at radius 3 is 2.30 bits per heavy atom. The number of likely N-dealkylation sites (tertiary alicyclic amines) is 1. The van der Waals surface area contributed by atoms with Crippen LogP contribution in [0.15, 0.2) is 61.2 Å². The molecule has 0 unspecified atom stereocenters. The molecule has 1 aliphatic rings. The summed E-state index contributed by atoms with van der Waals surface area (Å²) in [6.45, 7) is 3.45. The van der Waals surface area contributed by atoms with Crippen molar-refractivity contribution in [1.29, 1.82) is 0 Å². The van der Waals surface area contributed by atoms with Gasteiger partial charge in [0.1, 0.15) is 5.65 Å². The fourth-order valence-corrected chi connectivity index (χ4v) is 4.64. The van der Waals surface area contributed by atoms with E-state index in [0.717, 1.165) is 45.3 Å². The van der Waals surface area contributed by atoms with E-state index in [0.29, 0.717) is 0 Å². The Morgan fingerprint density at radius 1 is 0.758 bits per heavy atom. The maximum absolute atomic E-state index is 5.62. The maximum atomic E-state index is 5.62. The van der Waals surface area contributed by atoms with Gasteiger partial charge in [-0.3, -0.25) is 9.88 Å². The van der Waals surface area contributed by atoms with Crippen LogP contribution in [-0.4, -0.2) is 42.9 Å². The quantitative estimate of drug-likeness (QED) is 0.421. The highest BCUT2D eigenvalue weighted by atomic mass is 15.1. The number of pyridine rings is 2. The molecule has 4 aromatic heterocycles. The van der Waals surface area contributed by atoms with Crippen LogP contribution in [0.1, 0.15) is 24.8 Å². The topological polar surface area (TPSA) is 96.6 Å². The average Bonchev–Trinajstić information content (AvgIpc) is 3.23. The van der Waals surface area contributed by atoms with Crippen molar-refractivity contribution in [2.24, 2.45) is 0 Å². The van der Waals surface area contributed by atoms with Crippen LogP contribution in [0.25, 0.3) is 44.3 Å². The molecule has 7 nitrogen and oxygen atoms in total. The molecular formula is C26H25N7. The molecule has 1 fully saturated rings. The van der Waals surface area contributed by atoms with E-state index in [4.69, 9.17) is 10.7 Å². The summed E-state index contributed by atoms with van der Waals surface area (Å²) in [7, 11) is 0. The van der Waals surface area contributed by atoms with E-state index in [2.05, 4.69) is 61.2 Å². The molecule has 0 saturated carbocycles. The summed E-state index contributed by atoms with van der Waals surface area (Å²) < 4.78 is 0. The minimum atomic E-state index is 0.253. The number of anilines is 1. The van der Waals surface area contributed by atoms with E-state index < -0.39 is 0 Å². The molecular weight excluding hydrogens is 410 g/mol. The first kappa shape index (κ1) is 19.8. The number of fused-ring (bicyclic) bond motifs is 3. The van der Waals surface area contributed by atoms with Crippen molar-refractivity contribution >= 4 is 27.9 Å². The van der Waals surface area contributed by atoms with Crippen LogP contribution in [0.5, 0.6) is 0 Å². The number of nitrogens with two attached hydrogens (primary N) is 1. The third-order valence-corrected chi connectivity index (χ3v) is 6.44. The van der Waals surface area contributed by atoms with Crippen LogP contribution in [0.4, 0.5) is 5.95 Å². The minimum Gasteiger partial charge on any atom is -0.368 e.